The number of hydrogen-bond acceptors (Lipinski definition) is 3. The molecule has 1 aliphatic carbocycles. The van der Waals surface area contributed by atoms with E-state index in [1.54, 1.807) is 18.2 Å². The Morgan fingerprint density at radius 3 is 2.35 bits per heavy atom. The summed E-state index contributed by atoms with van der Waals surface area (Å²) in [6.07, 6.45) is -0.858. The largest absolute Gasteiger partial charge is 0.490 e. The number of nitrogens with one attached hydrogen (secondary N) is 1. The highest BCUT2D eigenvalue weighted by atomic mass is 19.4. The summed E-state index contributed by atoms with van der Waals surface area (Å²) in [5.74, 6) is -0.0464. The zero-order valence-electron chi connectivity index (χ0n) is 20.0. The van der Waals surface area contributed by atoms with Crippen molar-refractivity contribution >= 4 is 5.97 Å². The highest BCUT2D eigenvalue weighted by Crippen LogP contribution is 2.40. The molecule has 0 atom stereocenters. The van der Waals surface area contributed by atoms with E-state index in [2.05, 4.69) is 26.1 Å². The minimum absolute atomic E-state index is 0.00564. The molecule has 0 spiro atoms. The van der Waals surface area contributed by atoms with Gasteiger partial charge < -0.3 is 15.2 Å². The van der Waals surface area contributed by atoms with Crippen LogP contribution in [0.15, 0.2) is 42.5 Å². The molecule has 2 aromatic rings. The number of halogens is 3. The van der Waals surface area contributed by atoms with E-state index in [1.807, 2.05) is 12.1 Å². The first-order chi connectivity index (χ1) is 15.9. The predicted octanol–water partition coefficient (Wildman–Crippen LogP) is 6.92. The van der Waals surface area contributed by atoms with Crippen LogP contribution in [-0.4, -0.2) is 23.7 Å². The van der Waals surface area contributed by atoms with E-state index < -0.39 is 17.7 Å². The molecule has 2 N–H and O–H groups in total. The van der Waals surface area contributed by atoms with Crippen molar-refractivity contribution in [2.45, 2.75) is 71.7 Å². The van der Waals surface area contributed by atoms with Gasteiger partial charge in [0, 0.05) is 13.1 Å². The number of ether oxygens (including phenoxy) is 1. The van der Waals surface area contributed by atoms with Crippen molar-refractivity contribution in [3.05, 3.63) is 53.6 Å². The monoisotopic (exact) mass is 477 g/mol. The summed E-state index contributed by atoms with van der Waals surface area (Å²) < 4.78 is 47.1. The third-order valence-corrected chi connectivity index (χ3v) is 6.54. The molecule has 0 amide bonds. The van der Waals surface area contributed by atoms with Gasteiger partial charge in [0.05, 0.1) is 18.1 Å². The Morgan fingerprint density at radius 2 is 1.74 bits per heavy atom. The smallest absolute Gasteiger partial charge is 0.416 e. The molecule has 0 unspecified atom stereocenters. The Labute approximate surface area is 199 Å². The summed E-state index contributed by atoms with van der Waals surface area (Å²) in [4.78, 5) is 10.7. The number of carboxylic acids is 1. The van der Waals surface area contributed by atoms with Crippen LogP contribution in [0, 0.1) is 11.3 Å². The number of alkyl halides is 3. The first-order valence-corrected chi connectivity index (χ1v) is 11.8. The minimum atomic E-state index is -4.48. The maximum absolute atomic E-state index is 13.7. The Kier molecular flexibility index (Phi) is 8.29. The number of carboxylic acid groups (broad SMARTS) is 1. The molecular formula is C27H34F3NO3. The fourth-order valence-corrected chi connectivity index (χ4v) is 4.53. The molecule has 0 radical (unpaired) electrons. The molecule has 1 aliphatic rings. The molecule has 3 rings (SSSR count). The maximum Gasteiger partial charge on any atom is 0.416 e. The minimum Gasteiger partial charge on any atom is -0.490 e. The van der Waals surface area contributed by atoms with Gasteiger partial charge in [-0.25, -0.2) is 0 Å². The van der Waals surface area contributed by atoms with Gasteiger partial charge in [-0.15, -0.1) is 0 Å². The second kappa shape index (κ2) is 10.8. The van der Waals surface area contributed by atoms with Gasteiger partial charge in [-0.3, -0.25) is 4.79 Å². The Balaban J connectivity index is 1.77. The molecule has 7 heteroatoms. The van der Waals surface area contributed by atoms with Gasteiger partial charge in [-0.1, -0.05) is 39.0 Å². The van der Waals surface area contributed by atoms with Gasteiger partial charge in [-0.2, -0.15) is 13.2 Å². The summed E-state index contributed by atoms with van der Waals surface area (Å²) in [6, 6.07) is 11.2. The van der Waals surface area contributed by atoms with E-state index in [0.717, 1.165) is 43.4 Å². The highest BCUT2D eigenvalue weighted by Gasteiger charge is 2.33. The fraction of sp³-hybridized carbons (Fsp3) is 0.519. The van der Waals surface area contributed by atoms with Crippen LogP contribution in [0.1, 0.15) is 64.0 Å². The lowest BCUT2D eigenvalue weighted by Crippen LogP contribution is -2.30. The lowest BCUT2D eigenvalue weighted by atomic mass is 9.72. The van der Waals surface area contributed by atoms with Gasteiger partial charge in [0.1, 0.15) is 5.75 Å². The lowest BCUT2D eigenvalue weighted by Gasteiger charge is -2.37. The predicted molar refractivity (Wildman–Crippen MR) is 127 cm³/mol. The van der Waals surface area contributed by atoms with Crippen LogP contribution in [0.2, 0.25) is 0 Å². The lowest BCUT2D eigenvalue weighted by molar-refractivity contribution is -0.138. The molecular weight excluding hydrogens is 443 g/mol. The van der Waals surface area contributed by atoms with Gasteiger partial charge in [-0.05, 0) is 78.0 Å². The van der Waals surface area contributed by atoms with Crippen molar-refractivity contribution in [1.29, 1.82) is 0 Å². The number of carbonyl (C=O) groups is 1. The third-order valence-electron chi connectivity index (χ3n) is 6.54. The molecule has 34 heavy (non-hydrogen) atoms. The topological polar surface area (TPSA) is 58.6 Å². The quantitative estimate of drug-likeness (QED) is 0.405. The standard InChI is InChI=1S/C27H34F3NO3/c1-26(2,3)21-7-9-23(10-8-21)34-24-15-20(14-22(16-24)27(28,29)30)19-6-4-5-18(13-19)17-31-12-11-25(32)33/h4-6,13-16,21,23,31H,7-12,17H2,1-3H3,(H,32,33). The SMILES string of the molecule is CC(C)(C)C1CCC(Oc2cc(-c3cccc(CNCCC(=O)O)c3)cc(C(F)(F)F)c2)CC1. The molecule has 0 bridgehead atoms. The van der Waals surface area contributed by atoms with Gasteiger partial charge in [0.2, 0.25) is 0 Å². The number of rotatable bonds is 8. The molecule has 4 nitrogen and oxygen atoms in total. The van der Waals surface area contributed by atoms with Crippen LogP contribution in [0.3, 0.4) is 0 Å². The van der Waals surface area contributed by atoms with E-state index in [-0.39, 0.29) is 23.7 Å². The van der Waals surface area contributed by atoms with Crippen LogP contribution in [0.25, 0.3) is 11.1 Å². The van der Waals surface area contributed by atoms with E-state index in [4.69, 9.17) is 9.84 Å². The van der Waals surface area contributed by atoms with Crippen molar-refractivity contribution in [1.82, 2.24) is 5.32 Å². The van der Waals surface area contributed by atoms with E-state index in [0.29, 0.717) is 30.1 Å². The van der Waals surface area contributed by atoms with Gasteiger partial charge >= 0.3 is 12.1 Å². The first kappa shape index (κ1) is 26.1. The zero-order chi connectivity index (χ0) is 24.9. The molecule has 0 aromatic heterocycles. The Hall–Kier alpha value is -2.54. The van der Waals surface area contributed by atoms with E-state index in [9.17, 15) is 18.0 Å². The number of benzene rings is 2. The van der Waals surface area contributed by atoms with E-state index >= 15 is 0 Å². The van der Waals surface area contributed by atoms with Crippen molar-refractivity contribution in [3.8, 4) is 16.9 Å². The first-order valence-electron chi connectivity index (χ1n) is 11.8. The van der Waals surface area contributed by atoms with Crippen LogP contribution in [0.4, 0.5) is 13.2 Å². The highest BCUT2D eigenvalue weighted by molar-refractivity contribution is 5.67. The van der Waals surface area contributed by atoms with Crippen LogP contribution < -0.4 is 10.1 Å². The second-order valence-corrected chi connectivity index (χ2v) is 10.2. The average molecular weight is 478 g/mol. The summed E-state index contributed by atoms with van der Waals surface area (Å²) in [5, 5.41) is 11.8. The zero-order valence-corrected chi connectivity index (χ0v) is 20.0. The summed E-state index contributed by atoms with van der Waals surface area (Å²) in [5.41, 5.74) is 1.46. The maximum atomic E-state index is 13.7. The Morgan fingerprint density at radius 1 is 1.03 bits per heavy atom. The Bertz CT molecular complexity index is 974. The number of aliphatic carboxylic acids is 1. The van der Waals surface area contributed by atoms with Crippen molar-refractivity contribution in [2.75, 3.05) is 6.54 Å². The van der Waals surface area contributed by atoms with E-state index in [1.165, 1.54) is 0 Å². The van der Waals surface area contributed by atoms with Crippen molar-refractivity contribution in [3.63, 3.8) is 0 Å². The molecule has 1 fully saturated rings. The van der Waals surface area contributed by atoms with Crippen molar-refractivity contribution in [2.24, 2.45) is 11.3 Å². The third kappa shape index (κ3) is 7.49. The molecule has 2 aromatic carbocycles. The molecule has 1 saturated carbocycles. The molecule has 0 saturated heterocycles. The number of hydrogen-bond donors (Lipinski definition) is 2. The summed E-state index contributed by atoms with van der Waals surface area (Å²) >= 11 is 0. The van der Waals surface area contributed by atoms with Crippen LogP contribution in [0.5, 0.6) is 5.75 Å². The van der Waals surface area contributed by atoms with Crippen LogP contribution in [-0.2, 0) is 17.5 Å². The van der Waals surface area contributed by atoms with Crippen LogP contribution >= 0.6 is 0 Å². The summed E-state index contributed by atoms with van der Waals surface area (Å²) in [7, 11) is 0. The second-order valence-electron chi connectivity index (χ2n) is 10.2. The molecule has 0 aliphatic heterocycles. The van der Waals surface area contributed by atoms with Gasteiger partial charge in [0.15, 0.2) is 0 Å². The average Bonchev–Trinajstić information content (AvgIpc) is 2.76. The summed E-state index contributed by atoms with van der Waals surface area (Å²) in [6.45, 7) is 7.44. The van der Waals surface area contributed by atoms with Gasteiger partial charge in [0.25, 0.3) is 0 Å². The fourth-order valence-electron chi connectivity index (χ4n) is 4.53. The molecule has 186 valence electrons. The normalized spacial score (nSPS) is 19.1. The van der Waals surface area contributed by atoms with Crippen molar-refractivity contribution < 1.29 is 27.8 Å². The molecule has 0 heterocycles.